The molecule has 0 aliphatic heterocycles. The van der Waals surface area contributed by atoms with Crippen LogP contribution >= 0.6 is 22.7 Å². The highest BCUT2D eigenvalue weighted by atomic mass is 32.1. The predicted octanol–water partition coefficient (Wildman–Crippen LogP) is 7.83. The van der Waals surface area contributed by atoms with Crippen LogP contribution in [0.2, 0.25) is 0 Å². The first-order valence-electron chi connectivity index (χ1n) is 9.56. The third kappa shape index (κ3) is 4.73. The monoisotopic (exact) mass is 430 g/mol. The number of benzene rings is 2. The van der Waals surface area contributed by atoms with Crippen molar-refractivity contribution in [3.05, 3.63) is 92.3 Å². The molecule has 2 nitrogen and oxygen atoms in total. The summed E-state index contributed by atoms with van der Waals surface area (Å²) in [5, 5.41) is 4.30. The molecule has 0 spiro atoms. The van der Waals surface area contributed by atoms with Gasteiger partial charge in [-0.2, -0.15) is 0 Å². The average Bonchev–Trinajstić information content (AvgIpc) is 3.45. The summed E-state index contributed by atoms with van der Waals surface area (Å²) in [4.78, 5) is 2.51. The van der Waals surface area contributed by atoms with Crippen molar-refractivity contribution >= 4 is 47.0 Å². The van der Waals surface area contributed by atoms with E-state index in [9.17, 15) is 0 Å². The lowest BCUT2D eigenvalue weighted by Crippen LogP contribution is -1.81. The van der Waals surface area contributed by atoms with Crippen LogP contribution in [0.15, 0.2) is 71.4 Å². The normalized spacial score (nSPS) is 11.4. The molecule has 2 heterocycles. The quantitative estimate of drug-likeness (QED) is 0.297. The summed E-state index contributed by atoms with van der Waals surface area (Å²) < 4.78 is 10.5. The molecule has 4 rings (SSSR count). The number of hydrogen-bond acceptors (Lipinski definition) is 4. The van der Waals surface area contributed by atoms with Gasteiger partial charge in [0.05, 0.1) is 14.2 Å². The largest absolute Gasteiger partial charge is 0.497 e. The zero-order valence-corrected chi connectivity index (χ0v) is 18.5. The van der Waals surface area contributed by atoms with Crippen molar-refractivity contribution in [3.8, 4) is 22.6 Å². The summed E-state index contributed by atoms with van der Waals surface area (Å²) in [6.45, 7) is 0. The van der Waals surface area contributed by atoms with E-state index >= 15 is 0 Å². The summed E-state index contributed by atoms with van der Waals surface area (Å²) in [6.07, 6.45) is 8.68. The highest BCUT2D eigenvalue weighted by Crippen LogP contribution is 2.36. The molecule has 0 aliphatic carbocycles. The Morgan fingerprint density at radius 1 is 0.533 bits per heavy atom. The van der Waals surface area contributed by atoms with Gasteiger partial charge >= 0.3 is 0 Å². The highest BCUT2D eigenvalue weighted by molar-refractivity contribution is 7.12. The smallest absolute Gasteiger partial charge is 0.118 e. The van der Waals surface area contributed by atoms with Crippen molar-refractivity contribution < 1.29 is 9.47 Å². The van der Waals surface area contributed by atoms with Gasteiger partial charge in [0.25, 0.3) is 0 Å². The molecule has 0 saturated heterocycles. The Balaban J connectivity index is 1.56. The van der Waals surface area contributed by atoms with E-state index in [1.165, 1.54) is 20.9 Å². The lowest BCUT2D eigenvalue weighted by Gasteiger charge is -2.02. The fraction of sp³-hybridized carbons (Fsp3) is 0.0769. The molecule has 0 unspecified atom stereocenters. The molecule has 0 saturated carbocycles. The summed E-state index contributed by atoms with van der Waals surface area (Å²) in [7, 11) is 3.37. The topological polar surface area (TPSA) is 18.5 Å². The summed E-state index contributed by atoms with van der Waals surface area (Å²) >= 11 is 3.51. The van der Waals surface area contributed by atoms with Gasteiger partial charge in [-0.15, -0.1) is 22.7 Å². The summed E-state index contributed by atoms with van der Waals surface area (Å²) in [6, 6.07) is 20.6. The van der Waals surface area contributed by atoms with Crippen LogP contribution in [0.1, 0.15) is 20.9 Å². The van der Waals surface area contributed by atoms with Crippen LogP contribution in [0.5, 0.6) is 11.5 Å². The Kier molecular flexibility index (Phi) is 6.47. The maximum atomic E-state index is 5.23. The van der Waals surface area contributed by atoms with E-state index in [-0.39, 0.29) is 0 Å². The van der Waals surface area contributed by atoms with Gasteiger partial charge in [-0.1, -0.05) is 36.4 Å². The fourth-order valence-corrected chi connectivity index (χ4v) is 4.72. The molecule has 2 aromatic heterocycles. The molecule has 0 amide bonds. The molecule has 4 aromatic rings. The molecule has 0 N–H and O–H groups in total. The summed E-state index contributed by atoms with van der Waals surface area (Å²) in [5.41, 5.74) is 4.83. The zero-order valence-electron chi connectivity index (χ0n) is 16.9. The molecule has 0 bridgehead atoms. The minimum absolute atomic E-state index is 0.871. The van der Waals surface area contributed by atoms with E-state index in [1.54, 1.807) is 36.9 Å². The number of rotatable bonds is 7. The lowest BCUT2D eigenvalue weighted by molar-refractivity contribution is 0.414. The first-order valence-corrected chi connectivity index (χ1v) is 11.3. The van der Waals surface area contributed by atoms with Crippen LogP contribution in [0.25, 0.3) is 35.4 Å². The third-order valence-electron chi connectivity index (χ3n) is 4.77. The van der Waals surface area contributed by atoms with Crippen LogP contribution in [-0.4, -0.2) is 14.2 Å². The van der Waals surface area contributed by atoms with Crippen LogP contribution in [-0.2, 0) is 0 Å². The van der Waals surface area contributed by atoms with Crippen molar-refractivity contribution in [2.45, 2.75) is 0 Å². The number of thiophene rings is 2. The second-order valence-corrected chi connectivity index (χ2v) is 8.51. The molecule has 0 atom stereocenters. The van der Waals surface area contributed by atoms with Gasteiger partial charge in [0.15, 0.2) is 0 Å². The summed E-state index contributed by atoms with van der Waals surface area (Å²) in [5.74, 6) is 1.74. The van der Waals surface area contributed by atoms with E-state index in [0.717, 1.165) is 22.6 Å². The Hall–Kier alpha value is -3.08. The van der Waals surface area contributed by atoms with E-state index in [2.05, 4.69) is 71.5 Å². The minimum Gasteiger partial charge on any atom is -0.497 e. The van der Waals surface area contributed by atoms with Crippen LogP contribution < -0.4 is 9.47 Å². The molecular weight excluding hydrogens is 408 g/mol. The zero-order chi connectivity index (χ0) is 20.8. The second-order valence-electron chi connectivity index (χ2n) is 6.61. The molecule has 150 valence electrons. The van der Waals surface area contributed by atoms with Crippen molar-refractivity contribution in [2.75, 3.05) is 14.2 Å². The van der Waals surface area contributed by atoms with E-state index in [4.69, 9.17) is 9.47 Å². The number of methoxy groups -OCH3 is 2. The van der Waals surface area contributed by atoms with E-state index in [1.807, 2.05) is 24.3 Å². The molecule has 0 fully saturated rings. The standard InChI is InChI=1S/C26H22O2S2/c1-27-21-9-3-19(4-10-21)7-13-25-23(15-17-29-25)24-16-18-30-26(24)14-8-20-5-11-22(28-2)12-6-20/h3-18H,1-2H3. The number of hydrogen-bond donors (Lipinski definition) is 0. The third-order valence-corrected chi connectivity index (χ3v) is 6.53. The molecule has 0 radical (unpaired) electrons. The lowest BCUT2D eigenvalue weighted by atomic mass is 10.1. The van der Waals surface area contributed by atoms with Crippen LogP contribution in [0.4, 0.5) is 0 Å². The van der Waals surface area contributed by atoms with Gasteiger partial charge in [0.2, 0.25) is 0 Å². The fourth-order valence-electron chi connectivity index (χ4n) is 3.12. The van der Waals surface area contributed by atoms with Gasteiger partial charge in [-0.25, -0.2) is 0 Å². The van der Waals surface area contributed by atoms with Gasteiger partial charge in [-0.05, 0) is 70.4 Å². The number of ether oxygens (including phenoxy) is 2. The van der Waals surface area contributed by atoms with Gasteiger partial charge < -0.3 is 9.47 Å². The Bertz CT molecular complexity index is 1050. The minimum atomic E-state index is 0.871. The Morgan fingerprint density at radius 2 is 0.933 bits per heavy atom. The molecule has 0 aliphatic rings. The molecule has 4 heteroatoms. The maximum Gasteiger partial charge on any atom is 0.118 e. The van der Waals surface area contributed by atoms with Crippen LogP contribution in [0, 0.1) is 0 Å². The van der Waals surface area contributed by atoms with Crippen molar-refractivity contribution in [2.24, 2.45) is 0 Å². The van der Waals surface area contributed by atoms with Gasteiger partial charge in [0.1, 0.15) is 11.5 Å². The first kappa shape index (κ1) is 20.2. The maximum absolute atomic E-state index is 5.23. The van der Waals surface area contributed by atoms with Crippen molar-refractivity contribution in [1.82, 2.24) is 0 Å². The Labute approximate surface area is 185 Å². The van der Waals surface area contributed by atoms with Crippen molar-refractivity contribution in [1.29, 1.82) is 0 Å². The average molecular weight is 431 g/mol. The van der Waals surface area contributed by atoms with E-state index < -0.39 is 0 Å². The van der Waals surface area contributed by atoms with Gasteiger partial charge in [0, 0.05) is 20.9 Å². The molecule has 30 heavy (non-hydrogen) atoms. The van der Waals surface area contributed by atoms with Crippen LogP contribution in [0.3, 0.4) is 0 Å². The highest BCUT2D eigenvalue weighted by Gasteiger charge is 2.09. The predicted molar refractivity (Wildman–Crippen MR) is 131 cm³/mol. The first-order chi connectivity index (χ1) is 14.8. The van der Waals surface area contributed by atoms with Crippen molar-refractivity contribution in [3.63, 3.8) is 0 Å². The Morgan fingerprint density at radius 3 is 1.30 bits per heavy atom. The molecule has 2 aromatic carbocycles. The van der Waals surface area contributed by atoms with Gasteiger partial charge in [-0.3, -0.25) is 0 Å². The van der Waals surface area contributed by atoms with E-state index in [0.29, 0.717) is 0 Å². The second kappa shape index (κ2) is 9.61. The molecular formula is C26H22O2S2. The SMILES string of the molecule is COc1ccc(C=Cc2sccc2-c2ccsc2C=Cc2ccc(OC)cc2)cc1.